The molecule has 1 aliphatic heterocycles. The normalized spacial score (nSPS) is 29.2. The predicted molar refractivity (Wildman–Crippen MR) is 75.3 cm³/mol. The molecule has 1 heterocycles. The highest BCUT2D eigenvalue weighted by atomic mass is 32.2. The highest BCUT2D eigenvalue weighted by Gasteiger charge is 2.28. The zero-order valence-electron chi connectivity index (χ0n) is 11.3. The van der Waals surface area contributed by atoms with Gasteiger partial charge in [0.05, 0.1) is 0 Å². The van der Waals surface area contributed by atoms with Crippen LogP contribution >= 0.6 is 11.8 Å². The summed E-state index contributed by atoms with van der Waals surface area (Å²) in [6.45, 7) is 10.7. The second kappa shape index (κ2) is 7.57. The Labute approximate surface area is 106 Å². The molecule has 0 aromatic carbocycles. The second-order valence-corrected chi connectivity index (χ2v) is 5.94. The molecule has 96 valence electrons. The topological polar surface area (TPSA) is 15.3 Å². The molecule has 0 radical (unpaired) electrons. The van der Waals surface area contributed by atoms with Crippen LogP contribution in [-0.4, -0.2) is 48.6 Å². The minimum Gasteiger partial charge on any atom is -0.311 e. The number of hydrogen-bond donors (Lipinski definition) is 1. The summed E-state index contributed by atoms with van der Waals surface area (Å²) >= 11 is 1.96. The van der Waals surface area contributed by atoms with Crippen molar-refractivity contribution in [3.05, 3.63) is 0 Å². The van der Waals surface area contributed by atoms with E-state index in [1.54, 1.807) is 0 Å². The fourth-order valence-electron chi connectivity index (χ4n) is 2.43. The molecule has 16 heavy (non-hydrogen) atoms. The van der Waals surface area contributed by atoms with Gasteiger partial charge in [-0.1, -0.05) is 27.2 Å². The predicted octanol–water partition coefficient (Wildman–Crippen LogP) is 2.45. The van der Waals surface area contributed by atoms with Gasteiger partial charge in [-0.2, -0.15) is 11.8 Å². The number of nitrogens with zero attached hydrogens (tertiary/aromatic N) is 1. The van der Waals surface area contributed by atoms with Gasteiger partial charge in [-0.3, -0.25) is 4.90 Å². The first kappa shape index (κ1) is 14.3. The Hall–Kier alpha value is 0.270. The molecule has 0 amide bonds. The monoisotopic (exact) mass is 244 g/mol. The van der Waals surface area contributed by atoms with E-state index in [1.165, 1.54) is 38.2 Å². The van der Waals surface area contributed by atoms with Crippen molar-refractivity contribution in [3.8, 4) is 0 Å². The number of rotatable bonds is 6. The van der Waals surface area contributed by atoms with Crippen LogP contribution in [0.25, 0.3) is 0 Å². The standard InChI is InChI=1S/C13H28N2S/c1-5-11(3)13-10-15(7-8-16-4)12(6-2)9-14-13/h11-14H,5-10H2,1-4H3. The maximum Gasteiger partial charge on any atom is 0.0221 e. The van der Waals surface area contributed by atoms with Crippen molar-refractivity contribution in [2.24, 2.45) is 5.92 Å². The molecule has 1 rings (SSSR count). The zero-order valence-corrected chi connectivity index (χ0v) is 12.1. The molecule has 1 aliphatic rings. The molecular formula is C13H28N2S. The molecule has 3 atom stereocenters. The Morgan fingerprint density at radius 3 is 2.75 bits per heavy atom. The third-order valence-electron chi connectivity index (χ3n) is 3.95. The van der Waals surface area contributed by atoms with Crippen molar-refractivity contribution in [3.63, 3.8) is 0 Å². The van der Waals surface area contributed by atoms with Crippen LogP contribution < -0.4 is 5.32 Å². The van der Waals surface area contributed by atoms with Crippen LogP contribution in [0.15, 0.2) is 0 Å². The summed E-state index contributed by atoms with van der Waals surface area (Å²) in [5.41, 5.74) is 0. The van der Waals surface area contributed by atoms with Crippen LogP contribution in [-0.2, 0) is 0 Å². The van der Waals surface area contributed by atoms with Crippen LogP contribution in [0.4, 0.5) is 0 Å². The van der Waals surface area contributed by atoms with E-state index < -0.39 is 0 Å². The van der Waals surface area contributed by atoms with E-state index in [0.29, 0.717) is 6.04 Å². The first-order chi connectivity index (χ1) is 7.72. The third kappa shape index (κ3) is 3.94. The van der Waals surface area contributed by atoms with E-state index in [0.717, 1.165) is 12.0 Å². The van der Waals surface area contributed by atoms with Crippen LogP contribution in [0.5, 0.6) is 0 Å². The Kier molecular flexibility index (Phi) is 6.78. The Bertz CT molecular complexity index is 187. The first-order valence-electron chi connectivity index (χ1n) is 6.69. The van der Waals surface area contributed by atoms with E-state index in [1.807, 2.05) is 11.8 Å². The molecular weight excluding hydrogens is 216 g/mol. The van der Waals surface area contributed by atoms with Crippen LogP contribution in [0.1, 0.15) is 33.6 Å². The summed E-state index contributed by atoms with van der Waals surface area (Å²) in [5.74, 6) is 2.07. The fourth-order valence-corrected chi connectivity index (χ4v) is 2.85. The van der Waals surface area contributed by atoms with Crippen molar-refractivity contribution in [1.82, 2.24) is 10.2 Å². The van der Waals surface area contributed by atoms with Gasteiger partial charge < -0.3 is 5.32 Å². The number of piperazine rings is 1. The van der Waals surface area contributed by atoms with Crippen molar-refractivity contribution in [2.75, 3.05) is 31.6 Å². The Morgan fingerprint density at radius 2 is 2.19 bits per heavy atom. The number of thioether (sulfide) groups is 1. The number of nitrogens with one attached hydrogen (secondary N) is 1. The van der Waals surface area contributed by atoms with Crippen LogP contribution in [0, 0.1) is 5.92 Å². The van der Waals surface area contributed by atoms with E-state index in [2.05, 4.69) is 37.2 Å². The van der Waals surface area contributed by atoms with E-state index in [4.69, 9.17) is 0 Å². The highest BCUT2D eigenvalue weighted by Crippen LogP contribution is 2.17. The lowest BCUT2D eigenvalue weighted by atomic mass is 9.95. The molecule has 1 fully saturated rings. The second-order valence-electron chi connectivity index (χ2n) is 4.95. The van der Waals surface area contributed by atoms with Gasteiger partial charge >= 0.3 is 0 Å². The minimum atomic E-state index is 0.703. The molecule has 0 bridgehead atoms. The molecule has 0 aliphatic carbocycles. The molecule has 0 aromatic heterocycles. The van der Waals surface area contributed by atoms with E-state index in [9.17, 15) is 0 Å². The lowest BCUT2D eigenvalue weighted by molar-refractivity contribution is 0.113. The molecule has 1 saturated heterocycles. The minimum absolute atomic E-state index is 0.703. The largest absolute Gasteiger partial charge is 0.311 e. The Morgan fingerprint density at radius 1 is 1.44 bits per heavy atom. The maximum atomic E-state index is 3.73. The molecule has 0 saturated carbocycles. The van der Waals surface area contributed by atoms with Gasteiger partial charge in [-0.25, -0.2) is 0 Å². The smallest absolute Gasteiger partial charge is 0.0221 e. The average molecular weight is 244 g/mol. The lowest BCUT2D eigenvalue weighted by Gasteiger charge is -2.42. The number of hydrogen-bond acceptors (Lipinski definition) is 3. The lowest BCUT2D eigenvalue weighted by Crippen LogP contribution is -2.58. The van der Waals surface area contributed by atoms with Gasteiger partial charge in [-0.15, -0.1) is 0 Å². The summed E-state index contributed by atoms with van der Waals surface area (Å²) in [7, 11) is 0. The summed E-state index contributed by atoms with van der Waals surface area (Å²) in [4.78, 5) is 2.70. The van der Waals surface area contributed by atoms with E-state index in [-0.39, 0.29) is 0 Å². The van der Waals surface area contributed by atoms with Crippen LogP contribution in [0.2, 0.25) is 0 Å². The maximum absolute atomic E-state index is 3.73. The quantitative estimate of drug-likeness (QED) is 0.772. The summed E-state index contributed by atoms with van der Waals surface area (Å²) in [6.07, 6.45) is 4.76. The van der Waals surface area contributed by atoms with Gasteiger partial charge in [0.15, 0.2) is 0 Å². The average Bonchev–Trinajstić information content (AvgIpc) is 2.34. The molecule has 2 nitrogen and oxygen atoms in total. The molecule has 3 unspecified atom stereocenters. The van der Waals surface area contributed by atoms with Crippen molar-refractivity contribution in [2.45, 2.75) is 45.7 Å². The molecule has 0 aromatic rings. The van der Waals surface area contributed by atoms with Crippen LogP contribution in [0.3, 0.4) is 0 Å². The molecule has 0 spiro atoms. The summed E-state index contributed by atoms with van der Waals surface area (Å²) in [6, 6.07) is 1.46. The van der Waals surface area contributed by atoms with Gasteiger partial charge in [0.2, 0.25) is 0 Å². The first-order valence-corrected chi connectivity index (χ1v) is 8.08. The van der Waals surface area contributed by atoms with Gasteiger partial charge in [0, 0.05) is 37.5 Å². The summed E-state index contributed by atoms with van der Waals surface area (Å²) in [5, 5.41) is 3.73. The van der Waals surface area contributed by atoms with Crippen molar-refractivity contribution < 1.29 is 0 Å². The molecule has 1 N–H and O–H groups in total. The van der Waals surface area contributed by atoms with Crippen molar-refractivity contribution >= 4 is 11.8 Å². The SMILES string of the molecule is CCC(C)C1CN(CCSC)C(CC)CN1. The van der Waals surface area contributed by atoms with Gasteiger partial charge in [-0.05, 0) is 18.6 Å². The van der Waals surface area contributed by atoms with Gasteiger partial charge in [0.1, 0.15) is 0 Å². The highest BCUT2D eigenvalue weighted by molar-refractivity contribution is 7.98. The zero-order chi connectivity index (χ0) is 12.0. The third-order valence-corrected chi connectivity index (χ3v) is 4.54. The summed E-state index contributed by atoms with van der Waals surface area (Å²) < 4.78 is 0. The fraction of sp³-hybridized carbons (Fsp3) is 1.00. The molecule has 3 heteroatoms. The van der Waals surface area contributed by atoms with E-state index >= 15 is 0 Å². The van der Waals surface area contributed by atoms with Gasteiger partial charge in [0.25, 0.3) is 0 Å². The Balaban J connectivity index is 2.47. The van der Waals surface area contributed by atoms with Crippen molar-refractivity contribution in [1.29, 1.82) is 0 Å².